The van der Waals surface area contributed by atoms with Gasteiger partial charge in [0.1, 0.15) is 5.01 Å². The van der Waals surface area contributed by atoms with Gasteiger partial charge in [0.05, 0.1) is 16.1 Å². The SMILES string of the molecule is CC1=Cc2ccccc2C1c1nc2ccccc2s1. The van der Waals surface area contributed by atoms with E-state index in [1.807, 2.05) is 11.3 Å². The maximum absolute atomic E-state index is 4.82. The van der Waals surface area contributed by atoms with Gasteiger partial charge in [0.15, 0.2) is 0 Å². The Kier molecular flexibility index (Phi) is 2.32. The van der Waals surface area contributed by atoms with Crippen LogP contribution in [0.2, 0.25) is 0 Å². The Morgan fingerprint density at radius 1 is 1.00 bits per heavy atom. The molecule has 0 spiro atoms. The molecule has 0 radical (unpaired) electrons. The number of aromatic nitrogens is 1. The molecule has 1 nitrogen and oxygen atoms in total. The van der Waals surface area contributed by atoms with Crippen LogP contribution in [0.5, 0.6) is 0 Å². The molecular weight excluding hydrogens is 250 g/mol. The Morgan fingerprint density at radius 3 is 2.68 bits per heavy atom. The van der Waals surface area contributed by atoms with E-state index in [2.05, 4.69) is 61.5 Å². The smallest absolute Gasteiger partial charge is 0.105 e. The van der Waals surface area contributed by atoms with E-state index in [0.717, 1.165) is 5.52 Å². The molecule has 2 aromatic carbocycles. The average Bonchev–Trinajstić information content (AvgIpc) is 2.97. The zero-order valence-electron chi connectivity index (χ0n) is 10.6. The highest BCUT2D eigenvalue weighted by Crippen LogP contribution is 2.42. The molecule has 0 saturated carbocycles. The highest BCUT2D eigenvalue weighted by molar-refractivity contribution is 7.18. The topological polar surface area (TPSA) is 12.9 Å². The van der Waals surface area contributed by atoms with E-state index < -0.39 is 0 Å². The average molecular weight is 263 g/mol. The summed E-state index contributed by atoms with van der Waals surface area (Å²) >= 11 is 1.81. The summed E-state index contributed by atoms with van der Waals surface area (Å²) in [4.78, 5) is 4.82. The van der Waals surface area contributed by atoms with Gasteiger partial charge >= 0.3 is 0 Å². The highest BCUT2D eigenvalue weighted by atomic mass is 32.1. The van der Waals surface area contributed by atoms with Gasteiger partial charge in [-0.2, -0.15) is 0 Å². The molecule has 4 rings (SSSR count). The molecule has 0 N–H and O–H groups in total. The molecule has 0 amide bonds. The Labute approximate surface area is 116 Å². The van der Waals surface area contributed by atoms with Crippen LogP contribution in [0.15, 0.2) is 54.1 Å². The van der Waals surface area contributed by atoms with Crippen molar-refractivity contribution in [3.63, 3.8) is 0 Å². The summed E-state index contributed by atoms with van der Waals surface area (Å²) in [5, 5.41) is 1.21. The van der Waals surface area contributed by atoms with Crippen molar-refractivity contribution in [1.29, 1.82) is 0 Å². The molecule has 1 aliphatic rings. The summed E-state index contributed by atoms with van der Waals surface area (Å²) in [7, 11) is 0. The first-order chi connectivity index (χ1) is 9.33. The molecule has 0 saturated heterocycles. The molecule has 2 heteroatoms. The summed E-state index contributed by atoms with van der Waals surface area (Å²) < 4.78 is 1.27. The van der Waals surface area contributed by atoms with Gasteiger partial charge < -0.3 is 0 Å². The van der Waals surface area contributed by atoms with E-state index in [4.69, 9.17) is 4.98 Å². The molecule has 1 aromatic heterocycles. The van der Waals surface area contributed by atoms with Crippen LogP contribution in [0, 0.1) is 0 Å². The molecule has 0 bridgehead atoms. The second-order valence-electron chi connectivity index (χ2n) is 4.97. The normalized spacial score (nSPS) is 17.5. The molecule has 1 unspecified atom stereocenters. The van der Waals surface area contributed by atoms with Crippen molar-refractivity contribution in [2.24, 2.45) is 0 Å². The molecule has 1 atom stereocenters. The Bertz CT molecular complexity index is 765. The van der Waals surface area contributed by atoms with E-state index in [1.165, 1.54) is 26.4 Å². The summed E-state index contributed by atoms with van der Waals surface area (Å²) in [6.07, 6.45) is 2.28. The fraction of sp³-hybridized carbons (Fsp3) is 0.118. The number of para-hydroxylation sites is 1. The molecule has 1 heterocycles. The van der Waals surface area contributed by atoms with Crippen molar-refractivity contribution in [2.75, 3.05) is 0 Å². The number of hydrogen-bond acceptors (Lipinski definition) is 2. The summed E-state index contributed by atoms with van der Waals surface area (Å²) in [6, 6.07) is 17.0. The second kappa shape index (κ2) is 4.04. The number of fused-ring (bicyclic) bond motifs is 2. The van der Waals surface area contributed by atoms with Gasteiger partial charge in [-0.1, -0.05) is 48.0 Å². The van der Waals surface area contributed by atoms with E-state index in [-0.39, 0.29) is 0 Å². The van der Waals surface area contributed by atoms with Gasteiger partial charge in [0.25, 0.3) is 0 Å². The van der Waals surface area contributed by atoms with E-state index in [0.29, 0.717) is 5.92 Å². The van der Waals surface area contributed by atoms with Gasteiger partial charge in [-0.05, 0) is 30.2 Å². The fourth-order valence-corrected chi connectivity index (χ4v) is 3.99. The third kappa shape index (κ3) is 1.64. The molecule has 92 valence electrons. The van der Waals surface area contributed by atoms with Gasteiger partial charge in [0.2, 0.25) is 0 Å². The van der Waals surface area contributed by atoms with Crippen LogP contribution in [0.1, 0.15) is 29.0 Å². The van der Waals surface area contributed by atoms with Crippen molar-refractivity contribution in [1.82, 2.24) is 4.98 Å². The van der Waals surface area contributed by atoms with Crippen molar-refractivity contribution >= 4 is 27.6 Å². The lowest BCUT2D eigenvalue weighted by molar-refractivity contribution is 0.962. The van der Waals surface area contributed by atoms with Crippen LogP contribution in [0.3, 0.4) is 0 Å². The van der Waals surface area contributed by atoms with Crippen molar-refractivity contribution in [2.45, 2.75) is 12.8 Å². The van der Waals surface area contributed by atoms with Gasteiger partial charge in [-0.15, -0.1) is 11.3 Å². The summed E-state index contributed by atoms with van der Waals surface area (Å²) in [6.45, 7) is 2.21. The monoisotopic (exact) mass is 263 g/mol. The van der Waals surface area contributed by atoms with Gasteiger partial charge in [0, 0.05) is 0 Å². The van der Waals surface area contributed by atoms with Crippen LogP contribution in [-0.4, -0.2) is 4.98 Å². The van der Waals surface area contributed by atoms with E-state index >= 15 is 0 Å². The number of hydrogen-bond donors (Lipinski definition) is 0. The van der Waals surface area contributed by atoms with Gasteiger partial charge in [-0.3, -0.25) is 0 Å². The molecule has 3 aromatic rings. The van der Waals surface area contributed by atoms with Crippen LogP contribution in [-0.2, 0) is 0 Å². The fourth-order valence-electron chi connectivity index (χ4n) is 2.82. The molecule has 19 heavy (non-hydrogen) atoms. The number of nitrogens with zero attached hydrogens (tertiary/aromatic N) is 1. The quantitative estimate of drug-likeness (QED) is 0.612. The lowest BCUT2D eigenvalue weighted by Crippen LogP contribution is -1.98. The largest absolute Gasteiger partial charge is 0.240 e. The van der Waals surface area contributed by atoms with Gasteiger partial charge in [-0.25, -0.2) is 4.98 Å². The third-order valence-electron chi connectivity index (χ3n) is 3.70. The number of benzene rings is 2. The maximum Gasteiger partial charge on any atom is 0.105 e. The summed E-state index contributed by atoms with van der Waals surface area (Å²) in [5.74, 6) is 0.341. The van der Waals surface area contributed by atoms with Crippen LogP contribution >= 0.6 is 11.3 Å². The minimum Gasteiger partial charge on any atom is -0.240 e. The number of thiazole rings is 1. The standard InChI is InChI=1S/C17H13NS/c1-11-10-12-6-2-3-7-13(12)16(11)17-18-14-8-4-5-9-15(14)19-17/h2-10,16H,1H3. The Morgan fingerprint density at radius 2 is 1.79 bits per heavy atom. The number of allylic oxidation sites excluding steroid dienone is 1. The predicted octanol–water partition coefficient (Wildman–Crippen LogP) is 4.85. The summed E-state index contributed by atoms with van der Waals surface area (Å²) in [5.41, 5.74) is 5.23. The predicted molar refractivity (Wildman–Crippen MR) is 81.6 cm³/mol. The van der Waals surface area contributed by atoms with Crippen LogP contribution in [0.4, 0.5) is 0 Å². The second-order valence-corrected chi connectivity index (χ2v) is 6.03. The van der Waals surface area contributed by atoms with E-state index in [1.54, 1.807) is 0 Å². The van der Waals surface area contributed by atoms with Crippen molar-refractivity contribution < 1.29 is 0 Å². The van der Waals surface area contributed by atoms with E-state index in [9.17, 15) is 0 Å². The van der Waals surface area contributed by atoms with Crippen LogP contribution < -0.4 is 0 Å². The van der Waals surface area contributed by atoms with Crippen LogP contribution in [0.25, 0.3) is 16.3 Å². The first-order valence-electron chi connectivity index (χ1n) is 6.45. The number of rotatable bonds is 1. The first kappa shape index (κ1) is 10.9. The Hall–Kier alpha value is -1.93. The van der Waals surface area contributed by atoms with Crippen molar-refractivity contribution in [3.05, 3.63) is 70.2 Å². The lowest BCUT2D eigenvalue weighted by Gasteiger charge is -2.10. The molecular formula is C17H13NS. The minimum atomic E-state index is 0.341. The Balaban J connectivity index is 1.91. The molecule has 0 fully saturated rings. The zero-order chi connectivity index (χ0) is 12.8. The minimum absolute atomic E-state index is 0.341. The lowest BCUT2D eigenvalue weighted by atomic mass is 9.97. The molecule has 0 aliphatic heterocycles. The highest BCUT2D eigenvalue weighted by Gasteiger charge is 2.26. The zero-order valence-corrected chi connectivity index (χ0v) is 11.4. The maximum atomic E-state index is 4.82. The molecule has 1 aliphatic carbocycles. The third-order valence-corrected chi connectivity index (χ3v) is 4.80. The first-order valence-corrected chi connectivity index (χ1v) is 7.27. The van der Waals surface area contributed by atoms with Crippen molar-refractivity contribution in [3.8, 4) is 0 Å².